The number of nitro groups is 1. The third-order valence-corrected chi connectivity index (χ3v) is 3.63. The Kier molecular flexibility index (Phi) is 4.63. The van der Waals surface area contributed by atoms with Crippen molar-refractivity contribution in [3.05, 3.63) is 82.2 Å². The lowest BCUT2D eigenvalue weighted by atomic mass is 10.1. The Bertz CT molecular complexity index is 1000. The zero-order valence-electron chi connectivity index (χ0n) is 13.5. The molecule has 0 saturated heterocycles. The number of nitrogens with zero attached hydrogens (tertiary/aromatic N) is 3. The molecule has 0 aliphatic heterocycles. The first kappa shape index (κ1) is 18.1. The number of anilines is 1. The normalized spacial score (nSPS) is 11.2. The zero-order valence-corrected chi connectivity index (χ0v) is 13.5. The molecule has 3 aromatic rings. The van der Waals surface area contributed by atoms with Crippen molar-refractivity contribution < 1.29 is 22.9 Å². The molecule has 0 bridgehead atoms. The molecule has 0 spiro atoms. The fourth-order valence-electron chi connectivity index (χ4n) is 2.39. The highest BCUT2D eigenvalue weighted by Gasteiger charge is 2.30. The van der Waals surface area contributed by atoms with Gasteiger partial charge in [-0.05, 0) is 36.4 Å². The number of amides is 1. The van der Waals surface area contributed by atoms with Gasteiger partial charge in [-0.3, -0.25) is 14.9 Å². The van der Waals surface area contributed by atoms with E-state index in [2.05, 4.69) is 10.4 Å². The summed E-state index contributed by atoms with van der Waals surface area (Å²) in [6.45, 7) is 0. The van der Waals surface area contributed by atoms with E-state index in [-0.39, 0.29) is 22.6 Å². The monoisotopic (exact) mass is 376 g/mol. The minimum atomic E-state index is -4.55. The zero-order chi connectivity index (χ0) is 19.6. The number of carbonyl (C=O) groups excluding carboxylic acids is 1. The maximum absolute atomic E-state index is 12.8. The van der Waals surface area contributed by atoms with E-state index in [1.165, 1.54) is 35.3 Å². The average molecular weight is 376 g/mol. The Morgan fingerprint density at radius 3 is 2.56 bits per heavy atom. The fraction of sp³-hybridized carbons (Fsp3) is 0.0588. The van der Waals surface area contributed by atoms with Crippen molar-refractivity contribution >= 4 is 17.3 Å². The van der Waals surface area contributed by atoms with Crippen LogP contribution in [0.3, 0.4) is 0 Å². The van der Waals surface area contributed by atoms with E-state index in [0.29, 0.717) is 0 Å². The molecule has 1 amide bonds. The maximum atomic E-state index is 12.8. The third kappa shape index (κ3) is 3.94. The molecule has 0 saturated carbocycles. The topological polar surface area (TPSA) is 90.1 Å². The van der Waals surface area contributed by atoms with Gasteiger partial charge in [0, 0.05) is 29.7 Å². The van der Waals surface area contributed by atoms with Gasteiger partial charge < -0.3 is 5.32 Å². The summed E-state index contributed by atoms with van der Waals surface area (Å²) < 4.78 is 39.5. The molecule has 7 nitrogen and oxygen atoms in total. The summed E-state index contributed by atoms with van der Waals surface area (Å²) in [6, 6.07) is 9.39. The van der Waals surface area contributed by atoms with Crippen LogP contribution in [0, 0.1) is 10.1 Å². The van der Waals surface area contributed by atoms with E-state index in [1.807, 2.05) is 0 Å². The first-order valence-electron chi connectivity index (χ1n) is 7.53. The molecule has 10 heteroatoms. The van der Waals surface area contributed by atoms with E-state index in [4.69, 9.17) is 0 Å². The van der Waals surface area contributed by atoms with Crippen LogP contribution in [0.1, 0.15) is 15.9 Å². The standard InChI is InChI=1S/C17H11F3N4O3/c18-17(19,20)12-3-1-4-13(10-12)22-16(25)11-5-6-14(15(9-11)24(26)27)23-8-2-7-21-23/h1-10H,(H,22,25). The number of rotatable bonds is 4. The van der Waals surface area contributed by atoms with Gasteiger partial charge in [-0.25, -0.2) is 4.68 Å². The number of nitrogens with one attached hydrogen (secondary N) is 1. The van der Waals surface area contributed by atoms with Gasteiger partial charge in [0.05, 0.1) is 10.5 Å². The number of benzene rings is 2. The number of halogens is 3. The van der Waals surface area contributed by atoms with Gasteiger partial charge in [-0.1, -0.05) is 6.07 Å². The van der Waals surface area contributed by atoms with Crippen molar-refractivity contribution in [1.82, 2.24) is 9.78 Å². The minimum Gasteiger partial charge on any atom is -0.322 e. The Balaban J connectivity index is 1.90. The molecule has 0 radical (unpaired) electrons. The second-order valence-electron chi connectivity index (χ2n) is 5.44. The van der Waals surface area contributed by atoms with Crippen molar-refractivity contribution in [3.8, 4) is 5.69 Å². The van der Waals surface area contributed by atoms with Crippen LogP contribution in [-0.2, 0) is 6.18 Å². The van der Waals surface area contributed by atoms with E-state index in [0.717, 1.165) is 24.3 Å². The van der Waals surface area contributed by atoms with Crippen LogP contribution in [0.25, 0.3) is 5.69 Å². The highest BCUT2D eigenvalue weighted by atomic mass is 19.4. The second-order valence-corrected chi connectivity index (χ2v) is 5.44. The SMILES string of the molecule is O=C(Nc1cccc(C(F)(F)F)c1)c1ccc(-n2cccn2)c([N+](=O)[O-])c1. The number of alkyl halides is 3. The fourth-order valence-corrected chi connectivity index (χ4v) is 2.39. The maximum Gasteiger partial charge on any atom is 0.416 e. The van der Waals surface area contributed by atoms with E-state index < -0.39 is 22.6 Å². The molecule has 1 N–H and O–H groups in total. The molecule has 0 aliphatic rings. The van der Waals surface area contributed by atoms with Crippen LogP contribution in [0.4, 0.5) is 24.5 Å². The van der Waals surface area contributed by atoms with Crippen LogP contribution >= 0.6 is 0 Å². The molecular formula is C17H11F3N4O3. The molecule has 0 atom stereocenters. The van der Waals surface area contributed by atoms with Crippen molar-refractivity contribution in [1.29, 1.82) is 0 Å². The Hall–Kier alpha value is -3.69. The predicted octanol–water partition coefficient (Wildman–Crippen LogP) is 4.05. The summed E-state index contributed by atoms with van der Waals surface area (Å²) in [4.78, 5) is 23.0. The predicted molar refractivity (Wildman–Crippen MR) is 89.6 cm³/mol. The highest BCUT2D eigenvalue weighted by molar-refractivity contribution is 6.05. The van der Waals surface area contributed by atoms with Gasteiger partial charge in [0.1, 0.15) is 5.69 Å². The quantitative estimate of drug-likeness (QED) is 0.549. The largest absolute Gasteiger partial charge is 0.416 e. The summed E-state index contributed by atoms with van der Waals surface area (Å²) in [5, 5.41) is 17.5. The highest BCUT2D eigenvalue weighted by Crippen LogP contribution is 2.31. The van der Waals surface area contributed by atoms with Crippen molar-refractivity contribution in [2.45, 2.75) is 6.18 Å². The van der Waals surface area contributed by atoms with E-state index in [1.54, 1.807) is 6.07 Å². The molecule has 0 fully saturated rings. The van der Waals surface area contributed by atoms with Gasteiger partial charge >= 0.3 is 6.18 Å². The van der Waals surface area contributed by atoms with Crippen LogP contribution in [0.2, 0.25) is 0 Å². The summed E-state index contributed by atoms with van der Waals surface area (Å²) >= 11 is 0. The first-order valence-corrected chi connectivity index (χ1v) is 7.53. The lowest BCUT2D eigenvalue weighted by Crippen LogP contribution is -2.14. The summed E-state index contributed by atoms with van der Waals surface area (Å²) in [5.41, 5.74) is -1.28. The summed E-state index contributed by atoms with van der Waals surface area (Å²) in [7, 11) is 0. The lowest BCUT2D eigenvalue weighted by Gasteiger charge is -2.10. The molecule has 138 valence electrons. The van der Waals surface area contributed by atoms with Gasteiger partial charge in [0.25, 0.3) is 11.6 Å². The van der Waals surface area contributed by atoms with Crippen LogP contribution in [0.15, 0.2) is 60.9 Å². The van der Waals surface area contributed by atoms with Gasteiger partial charge in [0.2, 0.25) is 0 Å². The number of aromatic nitrogens is 2. The number of nitro benzene ring substituents is 1. The van der Waals surface area contributed by atoms with Gasteiger partial charge in [-0.15, -0.1) is 0 Å². The van der Waals surface area contributed by atoms with Crippen LogP contribution in [0.5, 0.6) is 0 Å². The van der Waals surface area contributed by atoms with Gasteiger partial charge in [0.15, 0.2) is 0 Å². The van der Waals surface area contributed by atoms with Gasteiger partial charge in [-0.2, -0.15) is 18.3 Å². The third-order valence-electron chi connectivity index (χ3n) is 3.63. The molecule has 0 aliphatic carbocycles. The first-order chi connectivity index (χ1) is 12.8. The smallest absolute Gasteiger partial charge is 0.322 e. The molecular weight excluding hydrogens is 365 g/mol. The van der Waals surface area contributed by atoms with E-state index >= 15 is 0 Å². The summed E-state index contributed by atoms with van der Waals surface area (Å²) in [5.74, 6) is -0.774. The average Bonchev–Trinajstić information content (AvgIpc) is 3.15. The molecule has 0 unspecified atom stereocenters. The lowest BCUT2D eigenvalue weighted by molar-refractivity contribution is -0.384. The van der Waals surface area contributed by atoms with Crippen molar-refractivity contribution in [3.63, 3.8) is 0 Å². The Morgan fingerprint density at radius 2 is 1.93 bits per heavy atom. The van der Waals surface area contributed by atoms with Crippen LogP contribution in [-0.4, -0.2) is 20.6 Å². The van der Waals surface area contributed by atoms with Crippen molar-refractivity contribution in [2.75, 3.05) is 5.32 Å². The molecule has 27 heavy (non-hydrogen) atoms. The molecule has 1 aromatic heterocycles. The van der Waals surface area contributed by atoms with E-state index in [9.17, 15) is 28.1 Å². The summed E-state index contributed by atoms with van der Waals surface area (Å²) in [6.07, 6.45) is -1.60. The number of carbonyl (C=O) groups is 1. The second kappa shape index (κ2) is 6.90. The Labute approximate surface area is 150 Å². The number of hydrogen-bond acceptors (Lipinski definition) is 4. The minimum absolute atomic E-state index is 0.0741. The van der Waals surface area contributed by atoms with Crippen molar-refractivity contribution in [2.24, 2.45) is 0 Å². The van der Waals surface area contributed by atoms with Crippen LogP contribution < -0.4 is 5.32 Å². The molecule has 2 aromatic carbocycles. The molecule has 3 rings (SSSR count). The molecule has 1 heterocycles. The number of hydrogen-bond donors (Lipinski definition) is 1. The Morgan fingerprint density at radius 1 is 1.15 bits per heavy atom.